The van der Waals surface area contributed by atoms with Gasteiger partial charge in [-0.05, 0) is 44.0 Å². The van der Waals surface area contributed by atoms with Gasteiger partial charge in [0.25, 0.3) is 0 Å². The molecule has 0 bridgehead atoms. The van der Waals surface area contributed by atoms with E-state index in [0.29, 0.717) is 23.9 Å². The number of carbonyl (C=O) groups is 1. The second-order valence-corrected chi connectivity index (χ2v) is 8.24. The number of piperazine rings is 1. The van der Waals surface area contributed by atoms with Gasteiger partial charge in [0.1, 0.15) is 5.82 Å². The van der Waals surface area contributed by atoms with Crippen LogP contribution in [-0.4, -0.2) is 76.6 Å². The highest BCUT2D eigenvalue weighted by Crippen LogP contribution is 2.25. The minimum absolute atomic E-state index is 0.00448. The molecule has 2 fully saturated rings. The average Bonchev–Trinajstić information content (AvgIpc) is 3.09. The number of likely N-dealkylation sites (tertiary alicyclic amines) is 1. The van der Waals surface area contributed by atoms with Crippen LogP contribution in [0.1, 0.15) is 44.5 Å². The Morgan fingerprint density at radius 3 is 2.33 bits per heavy atom. The summed E-state index contributed by atoms with van der Waals surface area (Å²) in [4.78, 5) is 19.2. The highest BCUT2D eigenvalue weighted by molar-refractivity contribution is 5.78. The molecular formula is C22H30FN5O2. The molecule has 8 heteroatoms. The molecule has 0 aliphatic carbocycles. The maximum Gasteiger partial charge on any atom is 0.247 e. The van der Waals surface area contributed by atoms with Gasteiger partial charge in [-0.2, -0.15) is 0 Å². The van der Waals surface area contributed by atoms with Gasteiger partial charge >= 0.3 is 0 Å². The summed E-state index contributed by atoms with van der Waals surface area (Å²) in [5.74, 6) is 0.931. The summed E-state index contributed by atoms with van der Waals surface area (Å²) in [6.07, 6.45) is 4.72. The second kappa shape index (κ2) is 9.66. The lowest BCUT2D eigenvalue weighted by atomic mass is 10.2. The molecule has 0 spiro atoms. The number of rotatable bonds is 5. The van der Waals surface area contributed by atoms with E-state index >= 15 is 0 Å². The van der Waals surface area contributed by atoms with E-state index in [4.69, 9.17) is 4.42 Å². The van der Waals surface area contributed by atoms with E-state index in [0.717, 1.165) is 52.1 Å². The van der Waals surface area contributed by atoms with Crippen LogP contribution in [0.2, 0.25) is 0 Å². The first-order chi connectivity index (χ1) is 14.6. The lowest BCUT2D eigenvalue weighted by molar-refractivity contribution is -0.132. The zero-order chi connectivity index (χ0) is 20.9. The van der Waals surface area contributed by atoms with E-state index in [2.05, 4.69) is 26.9 Å². The molecule has 1 atom stereocenters. The third-order valence-electron chi connectivity index (χ3n) is 6.16. The van der Waals surface area contributed by atoms with Gasteiger partial charge in [-0.15, -0.1) is 10.2 Å². The Balaban J connectivity index is 1.28. The lowest BCUT2D eigenvalue weighted by Crippen LogP contribution is -2.50. The van der Waals surface area contributed by atoms with Crippen LogP contribution in [0.25, 0.3) is 11.5 Å². The van der Waals surface area contributed by atoms with Crippen LogP contribution in [0, 0.1) is 5.82 Å². The normalized spacial score (nSPS) is 20.1. The van der Waals surface area contributed by atoms with E-state index in [1.165, 1.54) is 25.0 Å². The fraction of sp³-hybridized carbons (Fsp3) is 0.591. The van der Waals surface area contributed by atoms with E-state index < -0.39 is 0 Å². The molecule has 0 saturated carbocycles. The van der Waals surface area contributed by atoms with Crippen LogP contribution in [0.3, 0.4) is 0 Å². The van der Waals surface area contributed by atoms with Crippen molar-refractivity contribution in [1.82, 2.24) is 24.9 Å². The van der Waals surface area contributed by atoms with Gasteiger partial charge < -0.3 is 9.32 Å². The molecule has 30 heavy (non-hydrogen) atoms. The van der Waals surface area contributed by atoms with E-state index in [1.54, 1.807) is 12.1 Å². The number of nitrogens with zero attached hydrogens (tertiary/aromatic N) is 5. The standard InChI is InChI=1S/C22H30FN5O2/c1-17(21-24-25-22(30-21)18-6-8-19(23)9-7-18)27-14-12-26(13-15-27)16-20(29)28-10-4-2-3-5-11-28/h6-9,17H,2-5,10-16H2,1H3. The summed E-state index contributed by atoms with van der Waals surface area (Å²) >= 11 is 0. The Bertz CT molecular complexity index is 824. The van der Waals surface area contributed by atoms with Gasteiger partial charge in [0, 0.05) is 44.8 Å². The van der Waals surface area contributed by atoms with Crippen molar-refractivity contribution in [1.29, 1.82) is 0 Å². The summed E-state index contributed by atoms with van der Waals surface area (Å²) in [6.45, 7) is 7.78. The maximum atomic E-state index is 13.1. The van der Waals surface area contributed by atoms with Crippen molar-refractivity contribution < 1.29 is 13.6 Å². The zero-order valence-corrected chi connectivity index (χ0v) is 17.6. The first-order valence-corrected chi connectivity index (χ1v) is 10.9. The topological polar surface area (TPSA) is 65.7 Å². The summed E-state index contributed by atoms with van der Waals surface area (Å²) in [7, 11) is 0. The number of benzene rings is 1. The number of halogens is 1. The Morgan fingerprint density at radius 1 is 1.00 bits per heavy atom. The largest absolute Gasteiger partial charge is 0.419 e. The molecule has 4 rings (SSSR count). The highest BCUT2D eigenvalue weighted by Gasteiger charge is 2.27. The van der Waals surface area contributed by atoms with Crippen LogP contribution in [0.4, 0.5) is 4.39 Å². The Morgan fingerprint density at radius 2 is 1.67 bits per heavy atom. The molecule has 3 heterocycles. The van der Waals surface area contributed by atoms with Crippen molar-refractivity contribution in [3.8, 4) is 11.5 Å². The molecule has 1 unspecified atom stereocenters. The predicted octanol–water partition coefficient (Wildman–Crippen LogP) is 2.96. The SMILES string of the molecule is CC(c1nnc(-c2ccc(F)cc2)o1)N1CCN(CC(=O)N2CCCCCC2)CC1. The molecular weight excluding hydrogens is 385 g/mol. The quantitative estimate of drug-likeness (QED) is 0.748. The first kappa shape index (κ1) is 20.9. The maximum absolute atomic E-state index is 13.1. The highest BCUT2D eigenvalue weighted by atomic mass is 19.1. The van der Waals surface area contributed by atoms with Crippen LogP contribution in [0.5, 0.6) is 0 Å². The third kappa shape index (κ3) is 5.05. The molecule has 1 aromatic carbocycles. The summed E-state index contributed by atoms with van der Waals surface area (Å²) in [5.41, 5.74) is 0.708. The van der Waals surface area contributed by atoms with E-state index in [1.807, 2.05) is 4.90 Å². The van der Waals surface area contributed by atoms with Gasteiger partial charge in [-0.25, -0.2) is 4.39 Å². The first-order valence-electron chi connectivity index (χ1n) is 10.9. The zero-order valence-electron chi connectivity index (χ0n) is 17.6. The van der Waals surface area contributed by atoms with Crippen LogP contribution >= 0.6 is 0 Å². The molecule has 2 saturated heterocycles. The van der Waals surface area contributed by atoms with Crippen molar-refractivity contribution in [2.45, 2.75) is 38.6 Å². The molecule has 162 valence electrons. The van der Waals surface area contributed by atoms with Crippen molar-refractivity contribution in [3.05, 3.63) is 36.0 Å². The van der Waals surface area contributed by atoms with Gasteiger partial charge in [-0.1, -0.05) is 12.8 Å². The molecule has 1 amide bonds. The number of hydrogen-bond acceptors (Lipinski definition) is 6. The average molecular weight is 416 g/mol. The van der Waals surface area contributed by atoms with Crippen LogP contribution < -0.4 is 0 Å². The minimum atomic E-state index is -0.293. The summed E-state index contributed by atoms with van der Waals surface area (Å²) in [6, 6.07) is 6.04. The smallest absolute Gasteiger partial charge is 0.247 e. The van der Waals surface area contributed by atoms with E-state index in [-0.39, 0.29) is 17.8 Å². The number of carbonyl (C=O) groups excluding carboxylic acids is 1. The summed E-state index contributed by atoms with van der Waals surface area (Å²) in [5, 5.41) is 8.32. The molecule has 2 aliphatic heterocycles. The van der Waals surface area contributed by atoms with Gasteiger partial charge in [0.15, 0.2) is 0 Å². The Labute approximate surface area is 176 Å². The van der Waals surface area contributed by atoms with Crippen molar-refractivity contribution in [3.63, 3.8) is 0 Å². The molecule has 2 aliphatic rings. The monoisotopic (exact) mass is 415 g/mol. The van der Waals surface area contributed by atoms with Crippen molar-refractivity contribution in [2.24, 2.45) is 0 Å². The van der Waals surface area contributed by atoms with Crippen molar-refractivity contribution >= 4 is 5.91 Å². The molecule has 0 N–H and O–H groups in total. The molecule has 0 radical (unpaired) electrons. The number of hydrogen-bond donors (Lipinski definition) is 0. The van der Waals surface area contributed by atoms with Crippen LogP contribution in [0.15, 0.2) is 28.7 Å². The lowest BCUT2D eigenvalue weighted by Gasteiger charge is -2.37. The minimum Gasteiger partial charge on any atom is -0.419 e. The second-order valence-electron chi connectivity index (χ2n) is 8.24. The Hall–Kier alpha value is -2.32. The van der Waals surface area contributed by atoms with Crippen molar-refractivity contribution in [2.75, 3.05) is 45.8 Å². The van der Waals surface area contributed by atoms with E-state index in [9.17, 15) is 9.18 Å². The van der Waals surface area contributed by atoms with Gasteiger partial charge in [0.2, 0.25) is 17.7 Å². The Kier molecular flexibility index (Phi) is 6.74. The summed E-state index contributed by atoms with van der Waals surface area (Å²) < 4.78 is 19.0. The fourth-order valence-electron chi connectivity index (χ4n) is 4.19. The molecule has 2 aromatic rings. The molecule has 7 nitrogen and oxygen atoms in total. The molecule has 1 aromatic heterocycles. The predicted molar refractivity (Wildman–Crippen MR) is 111 cm³/mol. The van der Waals surface area contributed by atoms with Crippen LogP contribution in [-0.2, 0) is 4.79 Å². The fourth-order valence-corrected chi connectivity index (χ4v) is 4.19. The van der Waals surface area contributed by atoms with Gasteiger partial charge in [0.05, 0.1) is 12.6 Å². The third-order valence-corrected chi connectivity index (χ3v) is 6.16. The number of aromatic nitrogens is 2. The number of amides is 1. The van der Waals surface area contributed by atoms with Gasteiger partial charge in [-0.3, -0.25) is 14.6 Å².